The average molecular weight is 408 g/mol. The van der Waals surface area contributed by atoms with Crippen LogP contribution in [0, 0.1) is 10.8 Å². The summed E-state index contributed by atoms with van der Waals surface area (Å²) in [6, 6.07) is 15.3. The molecule has 6 nitrogen and oxygen atoms in total. The second-order valence-corrected chi connectivity index (χ2v) is 7.36. The van der Waals surface area contributed by atoms with Gasteiger partial charge in [-0.2, -0.15) is 0 Å². The first kappa shape index (κ1) is 19.0. The number of rotatable bonds is 4. The third kappa shape index (κ3) is 3.56. The smallest absolute Gasteiger partial charge is 0.212 e. The van der Waals surface area contributed by atoms with Crippen LogP contribution < -0.4 is 9.47 Å². The van der Waals surface area contributed by atoms with Crippen molar-refractivity contribution >= 4 is 23.1 Å². The maximum absolute atomic E-state index is 7.79. The van der Waals surface area contributed by atoms with Crippen molar-refractivity contribution in [2.75, 3.05) is 27.4 Å². The summed E-state index contributed by atoms with van der Waals surface area (Å²) in [5.74, 6) is 1.76. The van der Waals surface area contributed by atoms with Crippen molar-refractivity contribution in [1.82, 2.24) is 0 Å². The third-order valence-corrected chi connectivity index (χ3v) is 5.88. The van der Waals surface area contributed by atoms with Gasteiger partial charge in [-0.1, -0.05) is 24.3 Å². The van der Waals surface area contributed by atoms with Gasteiger partial charge in [-0.15, -0.1) is 11.3 Å². The van der Waals surface area contributed by atoms with Crippen LogP contribution in [0.4, 0.5) is 0 Å². The molecule has 0 fully saturated rings. The monoisotopic (exact) mass is 408 g/mol. The number of benzene rings is 2. The molecule has 1 aromatic heterocycles. The van der Waals surface area contributed by atoms with E-state index in [1.807, 2.05) is 48.5 Å². The van der Waals surface area contributed by atoms with E-state index in [2.05, 4.69) is 0 Å². The lowest BCUT2D eigenvalue weighted by molar-refractivity contribution is 0.175. The third-order valence-electron chi connectivity index (χ3n) is 4.63. The van der Waals surface area contributed by atoms with Crippen LogP contribution in [0.1, 0.15) is 11.1 Å². The first-order valence-corrected chi connectivity index (χ1v) is 9.83. The first-order chi connectivity index (χ1) is 14.1. The molecule has 1 aliphatic rings. The quantitative estimate of drug-likeness (QED) is 0.480. The number of ether oxygens (including phenoxy) is 4. The Morgan fingerprint density at radius 2 is 1.10 bits per heavy atom. The zero-order valence-corrected chi connectivity index (χ0v) is 16.9. The standard InChI is InChI=1S/C22H20N2O4S/c1-25-21(23)15-7-3-13(4-8-15)19-17-18(28-12-11-27-17)20(29-19)14-5-9-16(10-6-14)22(24)26-2/h3-10,23-24H,11-12H2,1-2H3. The predicted molar refractivity (Wildman–Crippen MR) is 114 cm³/mol. The van der Waals surface area contributed by atoms with Gasteiger partial charge in [0.1, 0.15) is 13.2 Å². The van der Waals surface area contributed by atoms with Crippen molar-refractivity contribution in [2.45, 2.75) is 0 Å². The van der Waals surface area contributed by atoms with E-state index in [0.29, 0.717) is 13.2 Å². The summed E-state index contributed by atoms with van der Waals surface area (Å²) >= 11 is 1.60. The molecule has 29 heavy (non-hydrogen) atoms. The van der Waals surface area contributed by atoms with Crippen LogP contribution in [0.2, 0.25) is 0 Å². The highest BCUT2D eigenvalue weighted by molar-refractivity contribution is 7.19. The number of fused-ring (bicyclic) bond motifs is 1. The average Bonchev–Trinajstić information content (AvgIpc) is 3.18. The molecule has 2 N–H and O–H groups in total. The molecule has 0 bridgehead atoms. The SMILES string of the molecule is COC(=N)c1ccc(-c2sc(-c3ccc(C(=N)OC)cc3)c3c2OCCO3)cc1. The molecule has 2 heterocycles. The highest BCUT2D eigenvalue weighted by atomic mass is 32.1. The van der Waals surface area contributed by atoms with Crippen molar-refractivity contribution < 1.29 is 18.9 Å². The molecule has 0 saturated carbocycles. The summed E-state index contributed by atoms with van der Waals surface area (Å²) in [5, 5.41) is 15.6. The Hall–Kier alpha value is -3.32. The van der Waals surface area contributed by atoms with Gasteiger partial charge in [0.15, 0.2) is 11.5 Å². The molecule has 0 spiro atoms. The summed E-state index contributed by atoms with van der Waals surface area (Å²) in [7, 11) is 2.98. The van der Waals surface area contributed by atoms with E-state index in [1.165, 1.54) is 14.2 Å². The molecule has 0 atom stereocenters. The fourth-order valence-electron chi connectivity index (χ4n) is 3.11. The van der Waals surface area contributed by atoms with E-state index < -0.39 is 0 Å². The molecule has 0 radical (unpaired) electrons. The fraction of sp³-hybridized carbons (Fsp3) is 0.182. The normalized spacial score (nSPS) is 12.3. The topological polar surface area (TPSA) is 84.6 Å². The minimum Gasteiger partial charge on any atom is -0.485 e. The van der Waals surface area contributed by atoms with Gasteiger partial charge in [0, 0.05) is 11.1 Å². The maximum Gasteiger partial charge on any atom is 0.212 e. The van der Waals surface area contributed by atoms with Gasteiger partial charge in [0.2, 0.25) is 11.8 Å². The number of hydrogen-bond acceptors (Lipinski definition) is 7. The molecule has 3 aromatic rings. The van der Waals surface area contributed by atoms with Gasteiger partial charge in [-0.05, 0) is 35.4 Å². The Morgan fingerprint density at radius 3 is 1.45 bits per heavy atom. The van der Waals surface area contributed by atoms with Crippen LogP contribution in [-0.4, -0.2) is 39.2 Å². The van der Waals surface area contributed by atoms with Crippen LogP contribution in [0.15, 0.2) is 48.5 Å². The van der Waals surface area contributed by atoms with Crippen LogP contribution >= 0.6 is 11.3 Å². The first-order valence-electron chi connectivity index (χ1n) is 9.01. The Bertz CT molecular complexity index is 972. The molecular formula is C22H20N2O4S. The van der Waals surface area contributed by atoms with E-state index in [9.17, 15) is 0 Å². The molecule has 7 heteroatoms. The van der Waals surface area contributed by atoms with Crippen molar-refractivity contribution in [2.24, 2.45) is 0 Å². The second-order valence-electron chi connectivity index (χ2n) is 6.34. The van der Waals surface area contributed by atoms with Crippen molar-refractivity contribution in [3.8, 4) is 32.4 Å². The minimum atomic E-state index is 0.131. The van der Waals surface area contributed by atoms with Crippen molar-refractivity contribution in [3.63, 3.8) is 0 Å². The zero-order chi connectivity index (χ0) is 20.4. The lowest BCUT2D eigenvalue weighted by atomic mass is 10.1. The lowest BCUT2D eigenvalue weighted by Crippen LogP contribution is -2.14. The molecule has 0 saturated heterocycles. The maximum atomic E-state index is 7.79. The summed E-state index contributed by atoms with van der Waals surface area (Å²) in [5.41, 5.74) is 3.42. The molecule has 4 rings (SSSR count). The molecule has 1 aliphatic heterocycles. The van der Waals surface area contributed by atoms with Gasteiger partial charge in [-0.25, -0.2) is 0 Å². The van der Waals surface area contributed by atoms with Crippen molar-refractivity contribution in [3.05, 3.63) is 59.7 Å². The lowest BCUT2D eigenvalue weighted by Gasteiger charge is -2.17. The Balaban J connectivity index is 1.74. The summed E-state index contributed by atoms with van der Waals surface area (Å²) in [4.78, 5) is 1.97. The molecule has 2 aromatic carbocycles. The van der Waals surface area contributed by atoms with Crippen molar-refractivity contribution in [1.29, 1.82) is 10.8 Å². The van der Waals surface area contributed by atoms with E-state index in [1.54, 1.807) is 11.3 Å². The van der Waals surface area contributed by atoms with Crippen LogP contribution in [-0.2, 0) is 9.47 Å². The summed E-state index contributed by atoms with van der Waals surface area (Å²) in [6.07, 6.45) is 0. The van der Waals surface area contributed by atoms with Gasteiger partial charge in [0.05, 0.1) is 24.0 Å². The van der Waals surface area contributed by atoms with E-state index in [4.69, 9.17) is 29.8 Å². The van der Waals surface area contributed by atoms with Crippen LogP contribution in [0.3, 0.4) is 0 Å². The van der Waals surface area contributed by atoms with Gasteiger partial charge < -0.3 is 18.9 Å². The molecule has 0 unspecified atom stereocenters. The number of hydrogen-bond donors (Lipinski definition) is 2. The van der Waals surface area contributed by atoms with Gasteiger partial charge >= 0.3 is 0 Å². The van der Waals surface area contributed by atoms with E-state index >= 15 is 0 Å². The Labute approximate surface area is 172 Å². The Kier molecular flexibility index (Phi) is 5.22. The highest BCUT2D eigenvalue weighted by Crippen LogP contribution is 2.53. The number of nitrogens with one attached hydrogen (secondary N) is 2. The van der Waals surface area contributed by atoms with E-state index in [-0.39, 0.29) is 11.8 Å². The molecule has 148 valence electrons. The molecule has 0 amide bonds. The van der Waals surface area contributed by atoms with Crippen LogP contribution in [0.25, 0.3) is 20.9 Å². The Morgan fingerprint density at radius 1 is 0.724 bits per heavy atom. The minimum absolute atomic E-state index is 0.131. The summed E-state index contributed by atoms with van der Waals surface area (Å²) in [6.45, 7) is 1.01. The predicted octanol–water partition coefficient (Wildman–Crippen LogP) is 4.80. The summed E-state index contributed by atoms with van der Waals surface area (Å²) < 4.78 is 21.9. The van der Waals surface area contributed by atoms with Crippen LogP contribution in [0.5, 0.6) is 11.5 Å². The number of thiophene rings is 1. The zero-order valence-electron chi connectivity index (χ0n) is 16.1. The fourth-order valence-corrected chi connectivity index (χ4v) is 4.31. The molecule has 0 aliphatic carbocycles. The highest BCUT2D eigenvalue weighted by Gasteiger charge is 2.26. The largest absolute Gasteiger partial charge is 0.485 e. The van der Waals surface area contributed by atoms with Gasteiger partial charge in [-0.3, -0.25) is 10.8 Å². The van der Waals surface area contributed by atoms with Gasteiger partial charge in [0.25, 0.3) is 0 Å². The van der Waals surface area contributed by atoms with E-state index in [0.717, 1.165) is 43.5 Å². The molecular weight excluding hydrogens is 388 g/mol. The second kappa shape index (κ2) is 7.97. The number of methoxy groups -OCH3 is 2.